The van der Waals surface area contributed by atoms with E-state index >= 15 is 0 Å². The van der Waals surface area contributed by atoms with Crippen LogP contribution in [-0.4, -0.2) is 21.7 Å². The third-order valence-electron chi connectivity index (χ3n) is 6.00. The molecule has 4 rings (SSSR count). The molecule has 1 aliphatic rings. The first-order chi connectivity index (χ1) is 14.8. The minimum atomic E-state index is -0.132. The highest BCUT2D eigenvalue weighted by molar-refractivity contribution is 14.1. The number of hydrogen-bond donors (Lipinski definition) is 1. The lowest BCUT2D eigenvalue weighted by Crippen LogP contribution is -2.39. The molecule has 4 nitrogen and oxygen atoms in total. The van der Waals surface area contributed by atoms with Gasteiger partial charge in [0, 0.05) is 16.6 Å². The molecular formula is C23H24Cl2IN3OS. The zero-order chi connectivity index (χ0) is 22.1. The molecule has 0 saturated heterocycles. The number of carbonyl (C=O) groups is 1. The Balaban J connectivity index is 1.73. The lowest BCUT2D eigenvalue weighted by Gasteiger charge is -2.28. The Hall–Kier alpha value is -1.09. The second-order valence-corrected chi connectivity index (χ2v) is 11.9. The van der Waals surface area contributed by atoms with Crippen LogP contribution in [0.2, 0.25) is 10.0 Å². The zero-order valence-corrected chi connectivity index (χ0v) is 21.9. The minimum Gasteiger partial charge on any atom is -0.348 e. The SMILES string of the molecule is Cc1c(C(=O)NC(C)C2CCCCC2)nn(-c2ccc(Cl)cc2Cl)c1-c1ccc(I)s1. The fraction of sp³-hybridized carbons (Fsp3) is 0.391. The third-order valence-corrected chi connectivity index (χ3v) is 8.44. The summed E-state index contributed by atoms with van der Waals surface area (Å²) in [6.45, 7) is 4.06. The third kappa shape index (κ3) is 4.97. The van der Waals surface area contributed by atoms with Crippen LogP contribution in [0.25, 0.3) is 16.3 Å². The molecule has 1 unspecified atom stereocenters. The molecule has 0 bridgehead atoms. The van der Waals surface area contributed by atoms with Gasteiger partial charge in [0.25, 0.3) is 5.91 Å². The van der Waals surface area contributed by atoms with Gasteiger partial charge in [-0.05, 0) is 85.5 Å². The van der Waals surface area contributed by atoms with E-state index in [1.165, 1.54) is 35.0 Å². The van der Waals surface area contributed by atoms with Crippen molar-refractivity contribution in [3.05, 3.63) is 54.5 Å². The highest BCUT2D eigenvalue weighted by Crippen LogP contribution is 2.36. The molecule has 2 aromatic heterocycles. The van der Waals surface area contributed by atoms with Crippen molar-refractivity contribution in [2.45, 2.75) is 52.0 Å². The Morgan fingerprint density at radius 2 is 1.97 bits per heavy atom. The number of carbonyl (C=O) groups excluding carboxylic acids is 1. The van der Waals surface area contributed by atoms with Crippen LogP contribution < -0.4 is 5.32 Å². The van der Waals surface area contributed by atoms with Gasteiger partial charge in [0.05, 0.1) is 24.2 Å². The average molecular weight is 588 g/mol. The predicted octanol–water partition coefficient (Wildman–Crippen LogP) is 7.52. The summed E-state index contributed by atoms with van der Waals surface area (Å²) in [5.74, 6) is 0.399. The van der Waals surface area contributed by atoms with Crippen molar-refractivity contribution in [1.29, 1.82) is 0 Å². The van der Waals surface area contributed by atoms with Crippen molar-refractivity contribution in [2.24, 2.45) is 5.92 Å². The maximum Gasteiger partial charge on any atom is 0.272 e. The van der Waals surface area contributed by atoms with E-state index in [1.807, 2.05) is 13.0 Å². The second-order valence-electron chi connectivity index (χ2n) is 8.09. The van der Waals surface area contributed by atoms with Gasteiger partial charge in [-0.3, -0.25) is 4.79 Å². The summed E-state index contributed by atoms with van der Waals surface area (Å²) in [6.07, 6.45) is 6.14. The Morgan fingerprint density at radius 1 is 1.23 bits per heavy atom. The lowest BCUT2D eigenvalue weighted by atomic mass is 9.84. The molecule has 0 aliphatic heterocycles. The molecule has 0 radical (unpaired) electrons. The number of aromatic nitrogens is 2. The quantitative estimate of drug-likeness (QED) is 0.314. The van der Waals surface area contributed by atoms with Crippen LogP contribution in [0.1, 0.15) is 55.1 Å². The maximum atomic E-state index is 13.3. The Kier molecular flexibility index (Phi) is 7.30. The van der Waals surface area contributed by atoms with E-state index in [-0.39, 0.29) is 11.9 Å². The highest BCUT2D eigenvalue weighted by Gasteiger charge is 2.27. The summed E-state index contributed by atoms with van der Waals surface area (Å²) < 4.78 is 2.94. The minimum absolute atomic E-state index is 0.127. The monoisotopic (exact) mass is 587 g/mol. The van der Waals surface area contributed by atoms with Crippen LogP contribution in [0.3, 0.4) is 0 Å². The first-order valence-electron chi connectivity index (χ1n) is 10.5. The molecule has 164 valence electrons. The van der Waals surface area contributed by atoms with E-state index in [0.29, 0.717) is 27.3 Å². The molecule has 1 amide bonds. The number of nitrogens with zero attached hydrogens (tertiary/aromatic N) is 2. The van der Waals surface area contributed by atoms with E-state index < -0.39 is 0 Å². The van der Waals surface area contributed by atoms with E-state index in [0.717, 1.165) is 16.1 Å². The van der Waals surface area contributed by atoms with Crippen molar-refractivity contribution in [2.75, 3.05) is 0 Å². The van der Waals surface area contributed by atoms with E-state index in [2.05, 4.69) is 47.0 Å². The van der Waals surface area contributed by atoms with Gasteiger partial charge in [0.2, 0.25) is 0 Å². The van der Waals surface area contributed by atoms with Gasteiger partial charge in [-0.2, -0.15) is 5.10 Å². The molecule has 8 heteroatoms. The Bertz CT molecular complexity index is 1100. The maximum absolute atomic E-state index is 13.3. The molecule has 0 spiro atoms. The largest absolute Gasteiger partial charge is 0.348 e. The van der Waals surface area contributed by atoms with Crippen molar-refractivity contribution in [3.63, 3.8) is 0 Å². The summed E-state index contributed by atoms with van der Waals surface area (Å²) >= 11 is 16.6. The first kappa shape index (κ1) is 23.1. The number of benzene rings is 1. The number of halogens is 3. The van der Waals surface area contributed by atoms with Gasteiger partial charge in [-0.1, -0.05) is 42.5 Å². The highest BCUT2D eigenvalue weighted by atomic mass is 127. The molecule has 1 saturated carbocycles. The predicted molar refractivity (Wildman–Crippen MR) is 138 cm³/mol. The zero-order valence-electron chi connectivity index (χ0n) is 17.4. The number of thiophene rings is 1. The van der Waals surface area contributed by atoms with Crippen molar-refractivity contribution in [3.8, 4) is 16.3 Å². The molecule has 31 heavy (non-hydrogen) atoms. The van der Waals surface area contributed by atoms with Gasteiger partial charge in [0.1, 0.15) is 0 Å². The number of hydrogen-bond acceptors (Lipinski definition) is 3. The first-order valence-corrected chi connectivity index (χ1v) is 13.1. The summed E-state index contributed by atoms with van der Waals surface area (Å²) in [6, 6.07) is 9.57. The Labute approximate surface area is 210 Å². The van der Waals surface area contributed by atoms with E-state index in [4.69, 9.17) is 28.3 Å². The molecule has 3 aromatic rings. The molecule has 1 atom stereocenters. The number of nitrogens with one attached hydrogen (secondary N) is 1. The van der Waals surface area contributed by atoms with Crippen molar-refractivity contribution < 1.29 is 4.79 Å². The molecule has 1 aromatic carbocycles. The second kappa shape index (κ2) is 9.81. The fourth-order valence-electron chi connectivity index (χ4n) is 4.30. The van der Waals surface area contributed by atoms with Crippen LogP contribution in [0.4, 0.5) is 0 Å². The lowest BCUT2D eigenvalue weighted by molar-refractivity contribution is 0.0913. The van der Waals surface area contributed by atoms with Crippen LogP contribution >= 0.6 is 57.1 Å². The van der Waals surface area contributed by atoms with E-state index in [1.54, 1.807) is 28.2 Å². The summed E-state index contributed by atoms with van der Waals surface area (Å²) in [7, 11) is 0. The Morgan fingerprint density at radius 3 is 2.61 bits per heavy atom. The standard InChI is InChI=1S/C23H24Cl2IN3OS/c1-13-21(23(30)27-14(2)15-6-4-3-5-7-15)28-29(18-9-8-16(24)12-17(18)25)22(13)19-10-11-20(26)31-19/h8-12,14-15H,3-7H2,1-2H3,(H,27,30). The molecule has 1 N–H and O–H groups in total. The van der Waals surface area contributed by atoms with Crippen LogP contribution in [0.15, 0.2) is 30.3 Å². The molecule has 2 heterocycles. The smallest absolute Gasteiger partial charge is 0.272 e. The number of amides is 1. The molecular weight excluding hydrogens is 564 g/mol. The fourth-order valence-corrected chi connectivity index (χ4v) is 6.50. The van der Waals surface area contributed by atoms with Crippen LogP contribution in [0, 0.1) is 15.7 Å². The van der Waals surface area contributed by atoms with Gasteiger partial charge in [0.15, 0.2) is 5.69 Å². The molecule has 1 fully saturated rings. The van der Waals surface area contributed by atoms with Crippen LogP contribution in [0.5, 0.6) is 0 Å². The van der Waals surface area contributed by atoms with Crippen molar-refractivity contribution >= 4 is 63.0 Å². The molecule has 1 aliphatic carbocycles. The van der Waals surface area contributed by atoms with Gasteiger partial charge >= 0.3 is 0 Å². The number of rotatable bonds is 5. The topological polar surface area (TPSA) is 46.9 Å². The summed E-state index contributed by atoms with van der Waals surface area (Å²) in [5, 5.41) is 9.00. The van der Waals surface area contributed by atoms with Crippen LogP contribution in [-0.2, 0) is 0 Å². The average Bonchev–Trinajstić information content (AvgIpc) is 3.31. The van der Waals surface area contributed by atoms with Gasteiger partial charge < -0.3 is 5.32 Å². The van der Waals surface area contributed by atoms with E-state index in [9.17, 15) is 4.79 Å². The van der Waals surface area contributed by atoms with Gasteiger partial charge in [-0.25, -0.2) is 4.68 Å². The summed E-state index contributed by atoms with van der Waals surface area (Å²) in [4.78, 5) is 14.3. The van der Waals surface area contributed by atoms with Crippen molar-refractivity contribution in [1.82, 2.24) is 15.1 Å². The normalized spacial score (nSPS) is 15.8. The summed E-state index contributed by atoms with van der Waals surface area (Å²) in [5.41, 5.74) is 2.87. The van der Waals surface area contributed by atoms with Gasteiger partial charge in [-0.15, -0.1) is 11.3 Å².